The van der Waals surface area contributed by atoms with Crippen LogP contribution in [-0.4, -0.2) is 42.0 Å². The number of anilines is 1. The van der Waals surface area contributed by atoms with Crippen LogP contribution >= 0.6 is 0 Å². The molecule has 2 aliphatic rings. The van der Waals surface area contributed by atoms with E-state index in [9.17, 15) is 29.3 Å². The van der Waals surface area contributed by atoms with Gasteiger partial charge in [0.25, 0.3) is 17.2 Å². The summed E-state index contributed by atoms with van der Waals surface area (Å²) in [5.41, 5.74) is -0.733. The number of pyridine rings is 1. The molecule has 2 aromatic rings. The van der Waals surface area contributed by atoms with Crippen molar-refractivity contribution >= 4 is 34.1 Å². The van der Waals surface area contributed by atoms with E-state index >= 15 is 0 Å². The molecule has 40 heavy (non-hydrogen) atoms. The molecule has 0 radical (unpaired) electrons. The number of unbranched alkanes of at least 4 members (excludes halogenated alkanes) is 2. The van der Waals surface area contributed by atoms with Gasteiger partial charge in [-0.2, -0.15) is 4.98 Å². The summed E-state index contributed by atoms with van der Waals surface area (Å²) in [5, 5.41) is 17.4. The monoisotopic (exact) mass is 549 g/mol. The van der Waals surface area contributed by atoms with Gasteiger partial charge >= 0.3 is 5.69 Å². The number of benzene rings is 1. The molecular formula is C27H31N7O6. The number of fused-ring (bicyclic) bond motifs is 2. The van der Waals surface area contributed by atoms with Crippen LogP contribution in [0, 0.1) is 10.1 Å². The Labute approximate surface area is 228 Å². The average molecular weight is 550 g/mol. The highest BCUT2D eigenvalue weighted by Gasteiger charge is 2.24. The van der Waals surface area contributed by atoms with Crippen LogP contribution in [0.25, 0.3) is 22.3 Å². The number of amides is 2. The molecule has 3 heterocycles. The topological polar surface area (TPSA) is 163 Å². The fraction of sp³-hybridized carbons (Fsp3) is 0.370. The van der Waals surface area contributed by atoms with Crippen molar-refractivity contribution in [3.63, 3.8) is 0 Å². The summed E-state index contributed by atoms with van der Waals surface area (Å²) in [7, 11) is 1.66. The molecule has 0 saturated heterocycles. The van der Waals surface area contributed by atoms with Gasteiger partial charge in [-0.3, -0.25) is 24.5 Å². The number of aryl methyl sites for hydroxylation is 2. The van der Waals surface area contributed by atoms with Crippen molar-refractivity contribution in [2.45, 2.75) is 52.6 Å². The molecule has 2 aliphatic heterocycles. The van der Waals surface area contributed by atoms with Crippen LogP contribution < -0.4 is 21.9 Å². The first-order valence-corrected chi connectivity index (χ1v) is 13.1. The quantitative estimate of drug-likeness (QED) is 0.126. The van der Waals surface area contributed by atoms with Crippen molar-refractivity contribution in [1.29, 1.82) is 0 Å². The van der Waals surface area contributed by atoms with Crippen molar-refractivity contribution < 1.29 is 14.5 Å². The maximum Gasteiger partial charge on any atom is 0.352 e. The Balaban J connectivity index is 1.69. The van der Waals surface area contributed by atoms with Crippen molar-refractivity contribution in [2.75, 3.05) is 11.9 Å². The highest BCUT2D eigenvalue weighted by Crippen LogP contribution is 2.31. The first-order chi connectivity index (χ1) is 19.2. The summed E-state index contributed by atoms with van der Waals surface area (Å²) in [5.74, 6) is -0.852. The molecule has 0 spiro atoms. The SMILES string of the molecule is CCCCNC(=O)c1cc(NC(=O)Cn2c(=O)nc3n(CCCC)c4cccc([N+](=O)[O-])c4cc-3c2=O)cn1C. The van der Waals surface area contributed by atoms with E-state index < -0.39 is 28.6 Å². The molecule has 1 aromatic carbocycles. The van der Waals surface area contributed by atoms with Gasteiger partial charge in [-0.15, -0.1) is 0 Å². The molecular weight excluding hydrogens is 518 g/mol. The highest BCUT2D eigenvalue weighted by molar-refractivity contribution is 5.96. The van der Waals surface area contributed by atoms with E-state index in [1.807, 2.05) is 13.8 Å². The van der Waals surface area contributed by atoms with Crippen LogP contribution in [0.5, 0.6) is 0 Å². The Bertz CT molecular complexity index is 1680. The largest absolute Gasteiger partial charge is 0.352 e. The second kappa shape index (κ2) is 11.9. The van der Waals surface area contributed by atoms with Gasteiger partial charge in [-0.25, -0.2) is 9.36 Å². The zero-order valence-corrected chi connectivity index (χ0v) is 22.6. The van der Waals surface area contributed by atoms with Crippen LogP contribution in [0.15, 0.2) is 46.1 Å². The van der Waals surface area contributed by atoms with Gasteiger partial charge in [-0.1, -0.05) is 32.8 Å². The number of rotatable bonds is 11. The minimum absolute atomic E-state index is 0.00366. The maximum absolute atomic E-state index is 13.5. The van der Waals surface area contributed by atoms with E-state index in [1.54, 1.807) is 34.5 Å². The molecule has 13 nitrogen and oxygen atoms in total. The predicted molar refractivity (Wildman–Crippen MR) is 150 cm³/mol. The van der Waals surface area contributed by atoms with Gasteiger partial charge in [0.1, 0.15) is 12.2 Å². The number of nitrogens with zero attached hydrogens (tertiary/aromatic N) is 5. The average Bonchev–Trinajstić information content (AvgIpc) is 3.28. The lowest BCUT2D eigenvalue weighted by Crippen LogP contribution is -2.41. The number of hydrogen-bond acceptors (Lipinski definition) is 7. The van der Waals surface area contributed by atoms with E-state index in [0.29, 0.717) is 41.0 Å². The lowest BCUT2D eigenvalue weighted by Gasteiger charge is -2.18. The standard InChI is InChI=1S/C27H31N7O6/c1-4-6-11-28-25(36)22-13-17(15-31(22)3)29-23(35)16-33-26(37)19-14-18-20(9-8-10-21(18)34(39)40)32(12-7-5-2)24(19)30-27(33)38/h8-10,13-15H,4-7,11-12,16H2,1-3H3,(H,28,36)(H,29,35). The smallest absolute Gasteiger partial charge is 0.351 e. The molecule has 0 bridgehead atoms. The summed E-state index contributed by atoms with van der Waals surface area (Å²) >= 11 is 0. The second-order valence-electron chi connectivity index (χ2n) is 9.52. The fourth-order valence-electron chi connectivity index (χ4n) is 4.57. The first kappa shape index (κ1) is 28.2. The van der Waals surface area contributed by atoms with Crippen LogP contribution in [0.4, 0.5) is 11.4 Å². The van der Waals surface area contributed by atoms with Crippen molar-refractivity contribution in [3.8, 4) is 11.4 Å². The molecule has 0 atom stereocenters. The Morgan fingerprint density at radius 2 is 1.82 bits per heavy atom. The van der Waals surface area contributed by atoms with Crippen LogP contribution in [-0.2, 0) is 24.9 Å². The van der Waals surface area contributed by atoms with E-state index in [0.717, 1.165) is 19.3 Å². The normalized spacial score (nSPS) is 11.2. The number of nitro groups is 1. The molecule has 210 valence electrons. The number of hydrogen-bond donors (Lipinski definition) is 2. The minimum atomic E-state index is -0.910. The summed E-state index contributed by atoms with van der Waals surface area (Å²) in [6.45, 7) is 4.29. The van der Waals surface area contributed by atoms with Gasteiger partial charge < -0.3 is 19.8 Å². The lowest BCUT2D eigenvalue weighted by atomic mass is 10.1. The Hall–Kier alpha value is -4.81. The number of carbonyl (C=O) groups is 2. The Morgan fingerprint density at radius 1 is 1.07 bits per heavy atom. The van der Waals surface area contributed by atoms with Crippen LogP contribution in [0.2, 0.25) is 0 Å². The van der Waals surface area contributed by atoms with Crippen LogP contribution in [0.3, 0.4) is 0 Å². The first-order valence-electron chi connectivity index (χ1n) is 13.1. The van der Waals surface area contributed by atoms with Gasteiger partial charge in [0, 0.05) is 32.4 Å². The van der Waals surface area contributed by atoms with Crippen LogP contribution in [0.1, 0.15) is 50.0 Å². The highest BCUT2D eigenvalue weighted by atomic mass is 16.6. The summed E-state index contributed by atoms with van der Waals surface area (Å²) in [6, 6.07) is 7.43. The fourth-order valence-corrected chi connectivity index (χ4v) is 4.57. The van der Waals surface area contributed by atoms with Crippen molar-refractivity contribution in [2.24, 2.45) is 7.05 Å². The molecule has 2 amide bonds. The lowest BCUT2D eigenvalue weighted by molar-refractivity contribution is -0.383. The van der Waals surface area contributed by atoms with E-state index in [1.165, 1.54) is 18.2 Å². The van der Waals surface area contributed by atoms with E-state index in [4.69, 9.17) is 0 Å². The molecule has 2 N–H and O–H groups in total. The second-order valence-corrected chi connectivity index (χ2v) is 9.52. The van der Waals surface area contributed by atoms with E-state index in [2.05, 4.69) is 15.6 Å². The number of carbonyl (C=O) groups excluding carboxylic acids is 2. The Morgan fingerprint density at radius 3 is 2.52 bits per heavy atom. The van der Waals surface area contributed by atoms with Crippen molar-refractivity contribution in [3.05, 3.63) is 73.2 Å². The van der Waals surface area contributed by atoms with Gasteiger partial charge in [0.05, 0.1) is 27.1 Å². The maximum atomic E-state index is 13.5. The zero-order valence-electron chi connectivity index (χ0n) is 22.6. The number of aromatic nitrogens is 4. The molecule has 13 heteroatoms. The third kappa shape index (κ3) is 5.63. The molecule has 0 unspecified atom stereocenters. The number of nitro benzene ring substituents is 1. The van der Waals surface area contributed by atoms with Gasteiger partial charge in [0.2, 0.25) is 5.91 Å². The molecule has 1 aromatic heterocycles. The number of nitrogens with one attached hydrogen (secondary N) is 2. The molecule has 4 rings (SSSR count). The molecule has 0 fully saturated rings. The van der Waals surface area contributed by atoms with E-state index in [-0.39, 0.29) is 28.4 Å². The van der Waals surface area contributed by atoms with Gasteiger partial charge in [-0.05, 0) is 31.0 Å². The third-order valence-corrected chi connectivity index (χ3v) is 6.62. The summed E-state index contributed by atoms with van der Waals surface area (Å²) in [6.07, 6.45) is 4.83. The van der Waals surface area contributed by atoms with Crippen molar-refractivity contribution in [1.82, 2.24) is 24.0 Å². The molecule has 0 aliphatic carbocycles. The molecule has 0 saturated carbocycles. The summed E-state index contributed by atoms with van der Waals surface area (Å²) in [4.78, 5) is 67.0. The summed E-state index contributed by atoms with van der Waals surface area (Å²) < 4.78 is 3.90. The predicted octanol–water partition coefficient (Wildman–Crippen LogP) is 2.88. The third-order valence-electron chi connectivity index (χ3n) is 6.62. The minimum Gasteiger partial charge on any atom is -0.351 e. The van der Waals surface area contributed by atoms with Gasteiger partial charge in [0.15, 0.2) is 5.82 Å². The number of non-ortho nitro benzene ring substituents is 1. The zero-order chi connectivity index (χ0) is 29.0. The Kier molecular flexibility index (Phi) is 8.41.